The second-order valence-corrected chi connectivity index (χ2v) is 4.81. The maximum absolute atomic E-state index is 13.5. The molecular formula is C12H11BrFNO. The van der Waals surface area contributed by atoms with Crippen molar-refractivity contribution in [3.63, 3.8) is 0 Å². The predicted molar refractivity (Wildman–Crippen MR) is 61.7 cm³/mol. The van der Waals surface area contributed by atoms with Crippen molar-refractivity contribution in [1.82, 2.24) is 0 Å². The number of ether oxygens (including phenoxy) is 1. The molecule has 1 aliphatic carbocycles. The highest BCUT2D eigenvalue weighted by molar-refractivity contribution is 9.10. The molecule has 84 valence electrons. The lowest BCUT2D eigenvalue weighted by Crippen LogP contribution is -2.12. The molecule has 1 saturated carbocycles. The Balaban J connectivity index is 2.28. The second-order valence-electron chi connectivity index (χ2n) is 3.90. The van der Waals surface area contributed by atoms with E-state index < -0.39 is 5.82 Å². The van der Waals surface area contributed by atoms with E-state index in [0.717, 1.165) is 25.7 Å². The van der Waals surface area contributed by atoms with Crippen molar-refractivity contribution in [2.75, 3.05) is 0 Å². The second kappa shape index (κ2) is 4.84. The van der Waals surface area contributed by atoms with E-state index in [1.165, 1.54) is 6.07 Å². The number of hydrogen-bond acceptors (Lipinski definition) is 2. The summed E-state index contributed by atoms with van der Waals surface area (Å²) in [5, 5.41) is 8.88. The molecule has 0 spiro atoms. The minimum atomic E-state index is -0.537. The smallest absolute Gasteiger partial charge is 0.145 e. The SMILES string of the molecule is N#Cc1c(F)cc(Br)cc1OC1CCCC1. The molecule has 1 aromatic carbocycles. The molecular weight excluding hydrogens is 273 g/mol. The van der Waals surface area contributed by atoms with Crippen LogP contribution in [0.5, 0.6) is 5.75 Å². The standard InChI is InChI=1S/C12H11BrFNO/c13-8-5-11(14)10(7-15)12(6-8)16-9-3-1-2-4-9/h5-6,9H,1-4H2. The molecule has 0 heterocycles. The first-order valence-electron chi connectivity index (χ1n) is 5.26. The normalized spacial score (nSPS) is 16.1. The van der Waals surface area contributed by atoms with Gasteiger partial charge < -0.3 is 4.74 Å². The van der Waals surface area contributed by atoms with Crippen LogP contribution < -0.4 is 4.74 Å². The topological polar surface area (TPSA) is 33.0 Å². The van der Waals surface area contributed by atoms with Gasteiger partial charge >= 0.3 is 0 Å². The maximum Gasteiger partial charge on any atom is 0.145 e. The zero-order valence-electron chi connectivity index (χ0n) is 8.67. The first-order valence-corrected chi connectivity index (χ1v) is 6.06. The molecule has 0 unspecified atom stereocenters. The van der Waals surface area contributed by atoms with Crippen LogP contribution in [0.2, 0.25) is 0 Å². The molecule has 0 N–H and O–H groups in total. The Bertz CT molecular complexity index is 435. The lowest BCUT2D eigenvalue weighted by Gasteiger charge is -2.14. The Labute approximate surface area is 102 Å². The first-order chi connectivity index (χ1) is 7.70. The number of nitriles is 1. The van der Waals surface area contributed by atoms with Crippen LogP contribution >= 0.6 is 15.9 Å². The number of nitrogens with zero attached hydrogens (tertiary/aromatic N) is 1. The van der Waals surface area contributed by atoms with Gasteiger partial charge in [-0.1, -0.05) is 15.9 Å². The van der Waals surface area contributed by atoms with E-state index in [2.05, 4.69) is 15.9 Å². The zero-order chi connectivity index (χ0) is 11.5. The molecule has 0 saturated heterocycles. The van der Waals surface area contributed by atoms with Crippen LogP contribution in [0.4, 0.5) is 4.39 Å². The number of rotatable bonds is 2. The van der Waals surface area contributed by atoms with Gasteiger partial charge in [0.25, 0.3) is 0 Å². The molecule has 2 nitrogen and oxygen atoms in total. The summed E-state index contributed by atoms with van der Waals surface area (Å²) in [5.74, 6) is -0.189. The summed E-state index contributed by atoms with van der Waals surface area (Å²) in [4.78, 5) is 0. The van der Waals surface area contributed by atoms with E-state index in [9.17, 15) is 4.39 Å². The Hall–Kier alpha value is -1.08. The Morgan fingerprint density at radius 1 is 1.38 bits per heavy atom. The number of halogens is 2. The molecule has 0 aromatic heterocycles. The molecule has 1 aromatic rings. The number of benzene rings is 1. The third-order valence-electron chi connectivity index (χ3n) is 2.73. The van der Waals surface area contributed by atoms with Gasteiger partial charge in [-0.3, -0.25) is 0 Å². The van der Waals surface area contributed by atoms with Crippen LogP contribution in [-0.2, 0) is 0 Å². The summed E-state index contributed by atoms with van der Waals surface area (Å²) < 4.78 is 19.7. The van der Waals surface area contributed by atoms with Crippen LogP contribution in [0.25, 0.3) is 0 Å². The zero-order valence-corrected chi connectivity index (χ0v) is 10.3. The van der Waals surface area contributed by atoms with Gasteiger partial charge in [0.05, 0.1) is 6.10 Å². The van der Waals surface area contributed by atoms with E-state index in [1.807, 2.05) is 6.07 Å². The summed E-state index contributed by atoms with van der Waals surface area (Å²) in [7, 11) is 0. The Morgan fingerprint density at radius 3 is 2.69 bits per heavy atom. The highest BCUT2D eigenvalue weighted by atomic mass is 79.9. The molecule has 0 radical (unpaired) electrons. The molecule has 16 heavy (non-hydrogen) atoms. The fourth-order valence-corrected chi connectivity index (χ4v) is 2.35. The molecule has 4 heteroatoms. The van der Waals surface area contributed by atoms with Crippen molar-refractivity contribution in [3.05, 3.63) is 28.0 Å². The van der Waals surface area contributed by atoms with Gasteiger partial charge in [-0.2, -0.15) is 5.26 Å². The van der Waals surface area contributed by atoms with Gasteiger partial charge in [0, 0.05) is 4.47 Å². The summed E-state index contributed by atoms with van der Waals surface area (Å²) >= 11 is 3.20. The fraction of sp³-hybridized carbons (Fsp3) is 0.417. The molecule has 1 fully saturated rings. The molecule has 0 aliphatic heterocycles. The first kappa shape index (κ1) is 11.4. The van der Waals surface area contributed by atoms with E-state index in [-0.39, 0.29) is 11.7 Å². The van der Waals surface area contributed by atoms with Gasteiger partial charge in [0.1, 0.15) is 23.2 Å². The summed E-state index contributed by atoms with van der Waals surface area (Å²) in [6.45, 7) is 0. The van der Waals surface area contributed by atoms with Gasteiger partial charge in [-0.15, -0.1) is 0 Å². The lowest BCUT2D eigenvalue weighted by molar-refractivity contribution is 0.208. The van der Waals surface area contributed by atoms with Crippen LogP contribution in [0.15, 0.2) is 16.6 Å². The minimum Gasteiger partial charge on any atom is -0.489 e. The van der Waals surface area contributed by atoms with Gasteiger partial charge in [-0.05, 0) is 37.8 Å². The fourth-order valence-electron chi connectivity index (χ4n) is 1.94. The van der Waals surface area contributed by atoms with Crippen LogP contribution in [0.1, 0.15) is 31.2 Å². The van der Waals surface area contributed by atoms with Crippen molar-refractivity contribution in [2.45, 2.75) is 31.8 Å². The lowest BCUT2D eigenvalue weighted by atomic mass is 10.2. The van der Waals surface area contributed by atoms with Gasteiger partial charge in [0.2, 0.25) is 0 Å². The van der Waals surface area contributed by atoms with E-state index >= 15 is 0 Å². The van der Waals surface area contributed by atoms with Gasteiger partial charge in [-0.25, -0.2) is 4.39 Å². The molecule has 0 bridgehead atoms. The van der Waals surface area contributed by atoms with Crippen molar-refractivity contribution < 1.29 is 9.13 Å². The monoisotopic (exact) mass is 283 g/mol. The largest absolute Gasteiger partial charge is 0.489 e. The summed E-state index contributed by atoms with van der Waals surface area (Å²) in [6.07, 6.45) is 4.38. The average Bonchev–Trinajstić information content (AvgIpc) is 2.70. The summed E-state index contributed by atoms with van der Waals surface area (Å²) in [5.41, 5.74) is -0.00454. The Morgan fingerprint density at radius 2 is 2.06 bits per heavy atom. The quantitative estimate of drug-likeness (QED) is 0.828. The predicted octanol–water partition coefficient (Wildman–Crippen LogP) is 3.78. The van der Waals surface area contributed by atoms with Crippen LogP contribution in [-0.4, -0.2) is 6.10 Å². The minimum absolute atomic E-state index is 0.00454. The van der Waals surface area contributed by atoms with Crippen molar-refractivity contribution >= 4 is 15.9 Å². The van der Waals surface area contributed by atoms with Crippen LogP contribution in [0.3, 0.4) is 0 Å². The highest BCUT2D eigenvalue weighted by Gasteiger charge is 2.19. The van der Waals surface area contributed by atoms with Crippen molar-refractivity contribution in [3.8, 4) is 11.8 Å². The molecule has 1 aliphatic rings. The van der Waals surface area contributed by atoms with Gasteiger partial charge in [0.15, 0.2) is 0 Å². The van der Waals surface area contributed by atoms with E-state index in [0.29, 0.717) is 10.2 Å². The van der Waals surface area contributed by atoms with Crippen molar-refractivity contribution in [2.24, 2.45) is 0 Å². The number of hydrogen-bond donors (Lipinski definition) is 0. The average molecular weight is 284 g/mol. The molecule has 2 rings (SSSR count). The molecule has 0 atom stereocenters. The Kier molecular flexibility index (Phi) is 3.45. The van der Waals surface area contributed by atoms with E-state index in [1.54, 1.807) is 6.07 Å². The van der Waals surface area contributed by atoms with E-state index in [4.69, 9.17) is 10.00 Å². The van der Waals surface area contributed by atoms with Crippen molar-refractivity contribution in [1.29, 1.82) is 5.26 Å². The summed E-state index contributed by atoms with van der Waals surface area (Å²) in [6, 6.07) is 4.77. The third-order valence-corrected chi connectivity index (χ3v) is 3.18. The third kappa shape index (κ3) is 2.35. The molecule has 0 amide bonds. The highest BCUT2D eigenvalue weighted by Crippen LogP contribution is 2.30. The maximum atomic E-state index is 13.5. The van der Waals surface area contributed by atoms with Crippen LogP contribution in [0, 0.1) is 17.1 Å².